The van der Waals surface area contributed by atoms with Gasteiger partial charge >= 0.3 is 0 Å². The lowest BCUT2D eigenvalue weighted by molar-refractivity contribution is -0.132. The topological polar surface area (TPSA) is 38.1 Å². The van der Waals surface area contributed by atoms with Crippen LogP contribution >= 0.6 is 0 Å². The third-order valence-electron chi connectivity index (χ3n) is 4.61. The second-order valence-electron chi connectivity index (χ2n) is 5.97. The molecule has 1 aliphatic rings. The number of carbonyl (C=O) groups is 1. The van der Waals surface area contributed by atoms with Gasteiger partial charge < -0.3 is 9.47 Å². The molecule has 0 spiro atoms. The van der Waals surface area contributed by atoms with E-state index in [0.717, 1.165) is 23.9 Å². The summed E-state index contributed by atoms with van der Waals surface area (Å²) in [5.74, 6) is 0.250. The predicted molar refractivity (Wildman–Crippen MR) is 84.0 cm³/mol. The third-order valence-corrected chi connectivity index (χ3v) is 4.61. The molecule has 0 radical (unpaired) electrons. The van der Waals surface area contributed by atoms with Crippen LogP contribution < -0.4 is 0 Å². The number of para-hydroxylation sites is 2. The molecule has 1 aromatic heterocycles. The number of aryl methyl sites for hydroxylation is 1. The van der Waals surface area contributed by atoms with Gasteiger partial charge in [0.2, 0.25) is 5.91 Å². The van der Waals surface area contributed by atoms with Crippen molar-refractivity contribution in [1.29, 1.82) is 0 Å². The van der Waals surface area contributed by atoms with Crippen molar-refractivity contribution in [2.24, 2.45) is 0 Å². The second kappa shape index (κ2) is 6.29. The van der Waals surface area contributed by atoms with Gasteiger partial charge in [0.05, 0.1) is 17.4 Å². The zero-order valence-corrected chi connectivity index (χ0v) is 12.7. The zero-order chi connectivity index (χ0) is 14.7. The SMILES string of the molecule is CN(C(=O)CCn1cnc2ccccc21)C1CCCCC1. The van der Waals surface area contributed by atoms with Crippen molar-refractivity contribution < 1.29 is 4.79 Å². The van der Waals surface area contributed by atoms with E-state index >= 15 is 0 Å². The Morgan fingerprint density at radius 3 is 2.86 bits per heavy atom. The Morgan fingerprint density at radius 1 is 1.29 bits per heavy atom. The zero-order valence-electron chi connectivity index (χ0n) is 12.7. The molecule has 0 saturated heterocycles. The fraction of sp³-hybridized carbons (Fsp3) is 0.529. The normalized spacial score (nSPS) is 16.2. The molecule has 112 valence electrons. The van der Waals surface area contributed by atoms with E-state index in [0.29, 0.717) is 19.0 Å². The molecule has 0 N–H and O–H groups in total. The lowest BCUT2D eigenvalue weighted by Gasteiger charge is -2.31. The first-order valence-electron chi connectivity index (χ1n) is 7.91. The first kappa shape index (κ1) is 14.1. The number of carbonyl (C=O) groups excluding carboxylic acids is 1. The maximum absolute atomic E-state index is 12.4. The van der Waals surface area contributed by atoms with E-state index in [9.17, 15) is 4.79 Å². The lowest BCUT2D eigenvalue weighted by Crippen LogP contribution is -2.38. The number of hydrogen-bond acceptors (Lipinski definition) is 2. The average Bonchev–Trinajstić information content (AvgIpc) is 2.96. The monoisotopic (exact) mass is 285 g/mol. The summed E-state index contributed by atoms with van der Waals surface area (Å²) in [5.41, 5.74) is 2.09. The minimum atomic E-state index is 0.250. The van der Waals surface area contributed by atoms with Gasteiger partial charge in [-0.25, -0.2) is 4.98 Å². The number of benzene rings is 1. The fourth-order valence-electron chi connectivity index (χ4n) is 3.25. The molecule has 0 unspecified atom stereocenters. The van der Waals surface area contributed by atoms with E-state index in [1.807, 2.05) is 36.5 Å². The largest absolute Gasteiger partial charge is 0.343 e. The molecule has 0 bridgehead atoms. The number of hydrogen-bond donors (Lipinski definition) is 0. The lowest BCUT2D eigenvalue weighted by atomic mass is 9.94. The van der Waals surface area contributed by atoms with Gasteiger partial charge in [0, 0.05) is 26.1 Å². The third kappa shape index (κ3) is 3.09. The van der Waals surface area contributed by atoms with Crippen LogP contribution in [0.15, 0.2) is 30.6 Å². The van der Waals surface area contributed by atoms with Gasteiger partial charge in [-0.15, -0.1) is 0 Å². The molecule has 3 rings (SSSR count). The van der Waals surface area contributed by atoms with Crippen LogP contribution in [0.3, 0.4) is 0 Å². The summed E-state index contributed by atoms with van der Waals surface area (Å²) >= 11 is 0. The number of aromatic nitrogens is 2. The van der Waals surface area contributed by atoms with E-state index in [-0.39, 0.29) is 5.91 Å². The summed E-state index contributed by atoms with van der Waals surface area (Å²) in [6.45, 7) is 0.705. The van der Waals surface area contributed by atoms with Crippen LogP contribution in [-0.2, 0) is 11.3 Å². The maximum atomic E-state index is 12.4. The molecular formula is C17H23N3O. The highest BCUT2D eigenvalue weighted by Gasteiger charge is 2.21. The molecule has 4 heteroatoms. The second-order valence-corrected chi connectivity index (χ2v) is 5.97. The molecule has 1 amide bonds. The first-order chi connectivity index (χ1) is 10.3. The first-order valence-corrected chi connectivity index (χ1v) is 7.91. The van der Waals surface area contributed by atoms with E-state index in [2.05, 4.69) is 15.6 Å². The van der Waals surface area contributed by atoms with Crippen molar-refractivity contribution in [2.75, 3.05) is 7.05 Å². The number of rotatable bonds is 4. The van der Waals surface area contributed by atoms with Crippen LogP contribution in [-0.4, -0.2) is 33.4 Å². The highest BCUT2D eigenvalue weighted by atomic mass is 16.2. The Balaban J connectivity index is 1.60. The fourth-order valence-corrected chi connectivity index (χ4v) is 3.25. The molecule has 1 aliphatic carbocycles. The highest BCUT2D eigenvalue weighted by molar-refractivity contribution is 5.77. The predicted octanol–water partition coefficient (Wildman–Crippen LogP) is 3.22. The van der Waals surface area contributed by atoms with Crippen LogP contribution in [0.25, 0.3) is 11.0 Å². The van der Waals surface area contributed by atoms with E-state index < -0.39 is 0 Å². The van der Waals surface area contributed by atoms with Crippen molar-refractivity contribution in [3.8, 4) is 0 Å². The van der Waals surface area contributed by atoms with Crippen molar-refractivity contribution in [3.05, 3.63) is 30.6 Å². The number of imidazole rings is 1. The summed E-state index contributed by atoms with van der Waals surface area (Å²) in [4.78, 5) is 18.7. The van der Waals surface area contributed by atoms with Crippen molar-refractivity contribution in [3.63, 3.8) is 0 Å². The van der Waals surface area contributed by atoms with Gasteiger partial charge in [-0.1, -0.05) is 31.4 Å². The summed E-state index contributed by atoms with van der Waals surface area (Å²) in [6, 6.07) is 8.50. The van der Waals surface area contributed by atoms with Gasteiger partial charge in [0.25, 0.3) is 0 Å². The molecule has 4 nitrogen and oxygen atoms in total. The standard InChI is InChI=1S/C17H23N3O/c1-19(14-7-3-2-4-8-14)17(21)11-12-20-13-18-15-9-5-6-10-16(15)20/h5-6,9-10,13-14H,2-4,7-8,11-12H2,1H3. The van der Waals surface area contributed by atoms with Crippen LogP contribution in [0.2, 0.25) is 0 Å². The van der Waals surface area contributed by atoms with Crippen molar-refractivity contribution in [1.82, 2.24) is 14.5 Å². The summed E-state index contributed by atoms with van der Waals surface area (Å²) < 4.78 is 2.07. The van der Waals surface area contributed by atoms with E-state index in [1.165, 1.54) is 19.3 Å². The quantitative estimate of drug-likeness (QED) is 0.865. The van der Waals surface area contributed by atoms with Crippen LogP contribution in [0, 0.1) is 0 Å². The molecule has 1 aromatic carbocycles. The molecule has 2 aromatic rings. The maximum Gasteiger partial charge on any atom is 0.224 e. The number of amides is 1. The number of nitrogens with zero attached hydrogens (tertiary/aromatic N) is 3. The Labute approximate surface area is 125 Å². The van der Waals surface area contributed by atoms with Crippen LogP contribution in [0.1, 0.15) is 38.5 Å². The van der Waals surface area contributed by atoms with E-state index in [1.54, 1.807) is 0 Å². The smallest absolute Gasteiger partial charge is 0.224 e. The van der Waals surface area contributed by atoms with Gasteiger partial charge in [-0.05, 0) is 25.0 Å². The molecule has 0 aliphatic heterocycles. The Kier molecular flexibility index (Phi) is 4.23. The molecular weight excluding hydrogens is 262 g/mol. The summed E-state index contributed by atoms with van der Waals surface area (Å²) in [6.07, 6.45) is 8.54. The molecule has 1 fully saturated rings. The van der Waals surface area contributed by atoms with Crippen LogP contribution in [0.5, 0.6) is 0 Å². The van der Waals surface area contributed by atoms with E-state index in [4.69, 9.17) is 0 Å². The van der Waals surface area contributed by atoms with Gasteiger partial charge in [0.15, 0.2) is 0 Å². The Morgan fingerprint density at radius 2 is 2.05 bits per heavy atom. The molecule has 1 saturated carbocycles. The minimum Gasteiger partial charge on any atom is -0.343 e. The Hall–Kier alpha value is -1.84. The minimum absolute atomic E-state index is 0.250. The average molecular weight is 285 g/mol. The van der Waals surface area contributed by atoms with Gasteiger partial charge in [-0.2, -0.15) is 0 Å². The molecule has 0 atom stereocenters. The summed E-state index contributed by atoms with van der Waals surface area (Å²) in [7, 11) is 1.96. The molecule has 21 heavy (non-hydrogen) atoms. The van der Waals surface area contributed by atoms with Gasteiger partial charge in [0.1, 0.15) is 0 Å². The van der Waals surface area contributed by atoms with Crippen LogP contribution in [0.4, 0.5) is 0 Å². The molecule has 1 heterocycles. The van der Waals surface area contributed by atoms with Crippen molar-refractivity contribution >= 4 is 16.9 Å². The highest BCUT2D eigenvalue weighted by Crippen LogP contribution is 2.22. The Bertz CT molecular complexity index is 613. The van der Waals surface area contributed by atoms with Crippen molar-refractivity contribution in [2.45, 2.75) is 51.1 Å². The number of fused-ring (bicyclic) bond motifs is 1. The van der Waals surface area contributed by atoms with Gasteiger partial charge in [-0.3, -0.25) is 4.79 Å². The summed E-state index contributed by atoms with van der Waals surface area (Å²) in [5, 5.41) is 0.